The van der Waals surface area contributed by atoms with Gasteiger partial charge in [-0.3, -0.25) is 4.79 Å². The third kappa shape index (κ3) is 2.86. The average molecular weight is 293 g/mol. The number of para-hydroxylation sites is 2. The van der Waals surface area contributed by atoms with Gasteiger partial charge in [-0.25, -0.2) is 4.98 Å². The molecule has 1 aromatic heterocycles. The van der Waals surface area contributed by atoms with Gasteiger partial charge in [0, 0.05) is 6.54 Å². The summed E-state index contributed by atoms with van der Waals surface area (Å²) in [5.41, 5.74) is 3.36. The molecule has 0 aliphatic rings. The van der Waals surface area contributed by atoms with Gasteiger partial charge in [0.05, 0.1) is 17.1 Å². The van der Waals surface area contributed by atoms with E-state index in [4.69, 9.17) is 0 Å². The summed E-state index contributed by atoms with van der Waals surface area (Å²) in [6.45, 7) is 2.79. The van der Waals surface area contributed by atoms with Crippen LogP contribution in [0, 0.1) is 0 Å². The minimum Gasteiger partial charge on any atom is -0.349 e. The number of nitrogens with one attached hydrogen (secondary N) is 1. The molecule has 112 valence electrons. The SMILES string of the molecule is C[C@@H](NC=O)c1nc2ccccc2n1CCc1ccccc1. The van der Waals surface area contributed by atoms with E-state index >= 15 is 0 Å². The van der Waals surface area contributed by atoms with Gasteiger partial charge in [0.2, 0.25) is 6.41 Å². The van der Waals surface area contributed by atoms with Crippen LogP contribution in [-0.2, 0) is 17.8 Å². The Morgan fingerprint density at radius 1 is 1.14 bits per heavy atom. The van der Waals surface area contributed by atoms with Crippen LogP contribution in [0.3, 0.4) is 0 Å². The smallest absolute Gasteiger partial charge is 0.207 e. The highest BCUT2D eigenvalue weighted by Gasteiger charge is 2.15. The molecule has 0 spiro atoms. The van der Waals surface area contributed by atoms with Crippen molar-refractivity contribution in [1.29, 1.82) is 0 Å². The first kappa shape index (κ1) is 14.3. The molecule has 4 nitrogen and oxygen atoms in total. The first-order valence-corrected chi connectivity index (χ1v) is 7.48. The number of carbonyl (C=O) groups is 1. The summed E-state index contributed by atoms with van der Waals surface area (Å²) in [7, 11) is 0. The van der Waals surface area contributed by atoms with E-state index in [2.05, 4.69) is 45.2 Å². The highest BCUT2D eigenvalue weighted by molar-refractivity contribution is 5.76. The quantitative estimate of drug-likeness (QED) is 0.710. The molecule has 0 saturated carbocycles. The first-order chi connectivity index (χ1) is 10.8. The Kier molecular flexibility index (Phi) is 4.19. The van der Waals surface area contributed by atoms with Gasteiger partial charge < -0.3 is 9.88 Å². The molecule has 3 rings (SSSR count). The van der Waals surface area contributed by atoms with E-state index in [0.29, 0.717) is 0 Å². The van der Waals surface area contributed by atoms with Crippen molar-refractivity contribution in [1.82, 2.24) is 14.9 Å². The lowest BCUT2D eigenvalue weighted by molar-refractivity contribution is -0.110. The number of carbonyl (C=O) groups excluding carboxylic acids is 1. The maximum Gasteiger partial charge on any atom is 0.207 e. The molecule has 3 aromatic rings. The fraction of sp³-hybridized carbons (Fsp3) is 0.222. The Hall–Kier alpha value is -2.62. The molecular formula is C18H19N3O. The summed E-state index contributed by atoms with van der Waals surface area (Å²) < 4.78 is 2.20. The van der Waals surface area contributed by atoms with Gasteiger partial charge in [-0.15, -0.1) is 0 Å². The van der Waals surface area contributed by atoms with Crippen LogP contribution in [0.1, 0.15) is 24.4 Å². The van der Waals surface area contributed by atoms with E-state index in [0.717, 1.165) is 36.2 Å². The second kappa shape index (κ2) is 6.43. The van der Waals surface area contributed by atoms with Crippen LogP contribution in [0.5, 0.6) is 0 Å². The van der Waals surface area contributed by atoms with Crippen molar-refractivity contribution >= 4 is 17.4 Å². The maximum absolute atomic E-state index is 10.7. The number of amides is 1. The van der Waals surface area contributed by atoms with Gasteiger partial charge >= 0.3 is 0 Å². The van der Waals surface area contributed by atoms with Gasteiger partial charge in [-0.2, -0.15) is 0 Å². The molecule has 0 aliphatic carbocycles. The third-order valence-corrected chi connectivity index (χ3v) is 3.86. The number of aryl methyl sites for hydroxylation is 2. The van der Waals surface area contributed by atoms with Crippen LogP contribution < -0.4 is 5.32 Å². The topological polar surface area (TPSA) is 46.9 Å². The fourth-order valence-electron chi connectivity index (χ4n) is 2.72. The largest absolute Gasteiger partial charge is 0.349 e. The Morgan fingerprint density at radius 2 is 1.86 bits per heavy atom. The van der Waals surface area contributed by atoms with Crippen molar-refractivity contribution in [3.05, 3.63) is 66.0 Å². The zero-order valence-electron chi connectivity index (χ0n) is 12.6. The first-order valence-electron chi connectivity index (χ1n) is 7.48. The molecule has 0 fully saturated rings. The van der Waals surface area contributed by atoms with E-state index < -0.39 is 0 Å². The Bertz CT molecular complexity index is 764. The fourth-order valence-corrected chi connectivity index (χ4v) is 2.72. The summed E-state index contributed by atoms with van der Waals surface area (Å²) in [6, 6.07) is 18.4. The Labute approximate surface area is 129 Å². The molecule has 1 atom stereocenters. The molecule has 1 N–H and O–H groups in total. The molecule has 22 heavy (non-hydrogen) atoms. The second-order valence-electron chi connectivity index (χ2n) is 5.35. The average Bonchev–Trinajstić information content (AvgIpc) is 2.93. The van der Waals surface area contributed by atoms with Crippen molar-refractivity contribution < 1.29 is 4.79 Å². The number of imidazole rings is 1. The Morgan fingerprint density at radius 3 is 2.64 bits per heavy atom. The number of nitrogens with zero attached hydrogens (tertiary/aromatic N) is 2. The predicted octanol–water partition coefficient (Wildman–Crippen LogP) is 3.09. The summed E-state index contributed by atoms with van der Waals surface area (Å²) in [5.74, 6) is 0.893. The van der Waals surface area contributed by atoms with E-state index in [9.17, 15) is 4.79 Å². The highest BCUT2D eigenvalue weighted by Crippen LogP contribution is 2.21. The zero-order valence-corrected chi connectivity index (χ0v) is 12.6. The molecular weight excluding hydrogens is 274 g/mol. The molecule has 0 bridgehead atoms. The van der Waals surface area contributed by atoms with E-state index in [1.54, 1.807) is 0 Å². The summed E-state index contributed by atoms with van der Waals surface area (Å²) in [6.07, 6.45) is 1.66. The van der Waals surface area contributed by atoms with Crippen molar-refractivity contribution in [2.45, 2.75) is 25.9 Å². The normalized spacial score (nSPS) is 12.2. The highest BCUT2D eigenvalue weighted by atomic mass is 16.1. The number of benzene rings is 2. The van der Waals surface area contributed by atoms with Crippen molar-refractivity contribution in [2.24, 2.45) is 0 Å². The maximum atomic E-state index is 10.7. The minimum atomic E-state index is -0.110. The molecule has 0 unspecified atom stereocenters. The van der Waals surface area contributed by atoms with E-state index in [1.807, 2.05) is 31.2 Å². The van der Waals surface area contributed by atoms with Crippen LogP contribution in [0.15, 0.2) is 54.6 Å². The molecule has 1 amide bonds. The van der Waals surface area contributed by atoms with Gasteiger partial charge in [-0.1, -0.05) is 42.5 Å². The van der Waals surface area contributed by atoms with Crippen molar-refractivity contribution in [3.8, 4) is 0 Å². The standard InChI is InChI=1S/C18H19N3O/c1-14(19-13-22)18-20-16-9-5-6-10-17(16)21(18)12-11-15-7-3-2-4-8-15/h2-10,13-14H,11-12H2,1H3,(H,19,22)/t14-/m1/s1. The molecule has 0 saturated heterocycles. The van der Waals surface area contributed by atoms with Crippen LogP contribution in [-0.4, -0.2) is 16.0 Å². The van der Waals surface area contributed by atoms with Crippen LogP contribution in [0.2, 0.25) is 0 Å². The van der Waals surface area contributed by atoms with E-state index in [1.165, 1.54) is 5.56 Å². The van der Waals surface area contributed by atoms with Gasteiger partial charge in [0.15, 0.2) is 0 Å². The monoisotopic (exact) mass is 293 g/mol. The van der Waals surface area contributed by atoms with Crippen LogP contribution in [0.4, 0.5) is 0 Å². The number of aromatic nitrogens is 2. The third-order valence-electron chi connectivity index (χ3n) is 3.86. The van der Waals surface area contributed by atoms with Crippen LogP contribution in [0.25, 0.3) is 11.0 Å². The second-order valence-corrected chi connectivity index (χ2v) is 5.35. The summed E-state index contributed by atoms with van der Waals surface area (Å²) in [5, 5.41) is 2.80. The van der Waals surface area contributed by atoms with E-state index in [-0.39, 0.29) is 6.04 Å². The summed E-state index contributed by atoms with van der Waals surface area (Å²) in [4.78, 5) is 15.4. The summed E-state index contributed by atoms with van der Waals surface area (Å²) >= 11 is 0. The molecule has 2 aromatic carbocycles. The lowest BCUT2D eigenvalue weighted by Gasteiger charge is -2.14. The number of rotatable bonds is 6. The Balaban J connectivity index is 1.94. The molecule has 0 radical (unpaired) electrons. The zero-order chi connectivity index (χ0) is 15.4. The van der Waals surface area contributed by atoms with Crippen molar-refractivity contribution in [2.75, 3.05) is 0 Å². The minimum absolute atomic E-state index is 0.110. The van der Waals surface area contributed by atoms with Gasteiger partial charge in [-0.05, 0) is 31.0 Å². The predicted molar refractivity (Wildman–Crippen MR) is 87.5 cm³/mol. The van der Waals surface area contributed by atoms with Crippen molar-refractivity contribution in [3.63, 3.8) is 0 Å². The molecule has 4 heteroatoms. The lowest BCUT2D eigenvalue weighted by atomic mass is 10.1. The van der Waals surface area contributed by atoms with Crippen LogP contribution >= 0.6 is 0 Å². The number of hydrogen-bond acceptors (Lipinski definition) is 2. The number of fused-ring (bicyclic) bond motifs is 1. The number of hydrogen-bond donors (Lipinski definition) is 1. The molecule has 0 aliphatic heterocycles. The lowest BCUT2D eigenvalue weighted by Crippen LogP contribution is -2.21. The van der Waals surface area contributed by atoms with Gasteiger partial charge in [0.1, 0.15) is 5.82 Å². The van der Waals surface area contributed by atoms with Gasteiger partial charge in [0.25, 0.3) is 0 Å². The molecule has 1 heterocycles.